The SMILES string of the molecule is CC[C@@H](C)NC(=O)[C@@H](CC)N(Cc1ccccc1)C(=O)CN(c1ccc(Cl)cc1)S(=O)(=O)c1ccc(OC)c(OC)c1. The number of nitrogens with zero attached hydrogens (tertiary/aromatic N) is 2. The second kappa shape index (κ2) is 14.9. The van der Waals surface area contributed by atoms with E-state index in [9.17, 15) is 18.0 Å². The summed E-state index contributed by atoms with van der Waals surface area (Å²) in [6, 6.07) is 18.8. The van der Waals surface area contributed by atoms with E-state index in [1.807, 2.05) is 51.1 Å². The molecule has 3 rings (SSSR count). The molecule has 0 spiro atoms. The smallest absolute Gasteiger partial charge is 0.264 e. The van der Waals surface area contributed by atoms with Crippen LogP contribution in [0.5, 0.6) is 11.5 Å². The van der Waals surface area contributed by atoms with Gasteiger partial charge in [-0.25, -0.2) is 8.42 Å². The molecule has 0 unspecified atom stereocenters. The second-order valence-corrected chi connectivity index (χ2v) is 12.1. The first-order chi connectivity index (χ1) is 20.0. The number of anilines is 1. The van der Waals surface area contributed by atoms with Gasteiger partial charge in [0.15, 0.2) is 11.5 Å². The Labute approximate surface area is 253 Å². The molecule has 0 aliphatic rings. The molecule has 0 saturated heterocycles. The van der Waals surface area contributed by atoms with Gasteiger partial charge in [0.05, 0.1) is 24.8 Å². The number of benzene rings is 3. The minimum Gasteiger partial charge on any atom is -0.493 e. The van der Waals surface area contributed by atoms with Crippen molar-refractivity contribution in [3.63, 3.8) is 0 Å². The zero-order valence-electron chi connectivity index (χ0n) is 24.5. The molecule has 0 heterocycles. The zero-order valence-corrected chi connectivity index (χ0v) is 26.1. The van der Waals surface area contributed by atoms with Crippen LogP contribution in [-0.4, -0.2) is 58.0 Å². The van der Waals surface area contributed by atoms with Gasteiger partial charge in [-0.1, -0.05) is 55.8 Å². The Morgan fingerprint density at radius 2 is 1.55 bits per heavy atom. The number of hydrogen-bond acceptors (Lipinski definition) is 6. The van der Waals surface area contributed by atoms with Gasteiger partial charge in [0.2, 0.25) is 11.8 Å². The summed E-state index contributed by atoms with van der Waals surface area (Å²) >= 11 is 6.10. The number of hydrogen-bond donors (Lipinski definition) is 1. The van der Waals surface area contributed by atoms with Crippen LogP contribution in [0.2, 0.25) is 5.02 Å². The molecule has 11 heteroatoms. The van der Waals surface area contributed by atoms with E-state index in [4.69, 9.17) is 21.1 Å². The molecule has 0 aliphatic carbocycles. The van der Waals surface area contributed by atoms with Crippen LogP contribution in [0.15, 0.2) is 77.7 Å². The number of methoxy groups -OCH3 is 2. The van der Waals surface area contributed by atoms with Crippen molar-refractivity contribution in [2.45, 2.75) is 57.1 Å². The van der Waals surface area contributed by atoms with Crippen molar-refractivity contribution in [2.75, 3.05) is 25.1 Å². The van der Waals surface area contributed by atoms with Crippen molar-refractivity contribution in [3.8, 4) is 11.5 Å². The highest BCUT2D eigenvalue weighted by Crippen LogP contribution is 2.32. The topological polar surface area (TPSA) is 105 Å². The highest BCUT2D eigenvalue weighted by molar-refractivity contribution is 7.92. The van der Waals surface area contributed by atoms with E-state index in [0.29, 0.717) is 17.2 Å². The Morgan fingerprint density at radius 1 is 0.905 bits per heavy atom. The third-order valence-corrected chi connectivity index (χ3v) is 8.94. The van der Waals surface area contributed by atoms with Gasteiger partial charge in [-0.15, -0.1) is 0 Å². The largest absolute Gasteiger partial charge is 0.493 e. The molecule has 9 nitrogen and oxygen atoms in total. The minimum absolute atomic E-state index is 0.0868. The summed E-state index contributed by atoms with van der Waals surface area (Å²) < 4.78 is 39.8. The Bertz CT molecular complexity index is 1450. The molecule has 2 amide bonds. The molecule has 1 N–H and O–H groups in total. The maximum atomic E-state index is 14.1. The lowest BCUT2D eigenvalue weighted by Crippen LogP contribution is -2.53. The molecule has 0 aromatic heterocycles. The monoisotopic (exact) mass is 615 g/mol. The first-order valence-corrected chi connectivity index (χ1v) is 15.5. The third-order valence-electron chi connectivity index (χ3n) is 6.92. The number of nitrogens with one attached hydrogen (secondary N) is 1. The third kappa shape index (κ3) is 7.95. The molecule has 42 heavy (non-hydrogen) atoms. The van der Waals surface area contributed by atoms with Gasteiger partial charge in [-0.2, -0.15) is 0 Å². The molecular formula is C31H38ClN3O6S. The van der Waals surface area contributed by atoms with Gasteiger partial charge in [0.1, 0.15) is 12.6 Å². The fourth-order valence-electron chi connectivity index (χ4n) is 4.38. The number of carbonyl (C=O) groups is 2. The van der Waals surface area contributed by atoms with Gasteiger partial charge in [0.25, 0.3) is 10.0 Å². The van der Waals surface area contributed by atoms with Crippen molar-refractivity contribution in [1.82, 2.24) is 10.2 Å². The number of ether oxygens (including phenoxy) is 2. The van der Waals surface area contributed by atoms with Crippen LogP contribution in [0.3, 0.4) is 0 Å². The lowest BCUT2D eigenvalue weighted by molar-refractivity contribution is -0.140. The van der Waals surface area contributed by atoms with E-state index in [1.54, 1.807) is 12.1 Å². The number of rotatable bonds is 14. The summed E-state index contributed by atoms with van der Waals surface area (Å²) in [7, 11) is -1.43. The number of carbonyl (C=O) groups excluding carboxylic acids is 2. The van der Waals surface area contributed by atoms with Gasteiger partial charge in [-0.05, 0) is 61.7 Å². The molecule has 3 aromatic carbocycles. The maximum absolute atomic E-state index is 14.1. The first-order valence-electron chi connectivity index (χ1n) is 13.7. The molecule has 0 aliphatic heterocycles. The van der Waals surface area contributed by atoms with Crippen molar-refractivity contribution in [3.05, 3.63) is 83.4 Å². The molecule has 2 atom stereocenters. The Balaban J connectivity index is 2.08. The van der Waals surface area contributed by atoms with Crippen LogP contribution in [0.1, 0.15) is 39.2 Å². The quantitative estimate of drug-likeness (QED) is 0.265. The van der Waals surface area contributed by atoms with Crippen molar-refractivity contribution in [2.24, 2.45) is 0 Å². The Hall–Kier alpha value is -3.76. The normalized spacial score (nSPS) is 12.6. The second-order valence-electron chi connectivity index (χ2n) is 9.75. The standard InChI is InChI=1S/C31H38ClN3O6S/c1-6-22(3)33-31(37)27(7-2)34(20-23-11-9-8-10-12-23)30(36)21-35(25-15-13-24(32)14-16-25)42(38,39)26-17-18-28(40-4)29(19-26)41-5/h8-19,22,27H,6-7,20-21H2,1-5H3,(H,33,37)/t22-,27-/m1/s1. The van der Waals surface area contributed by atoms with E-state index in [1.165, 1.54) is 49.5 Å². The molecular weight excluding hydrogens is 578 g/mol. The summed E-state index contributed by atoms with van der Waals surface area (Å²) in [6.45, 7) is 5.24. The lowest BCUT2D eigenvalue weighted by atomic mass is 10.1. The van der Waals surface area contributed by atoms with Crippen molar-refractivity contribution in [1.29, 1.82) is 0 Å². The molecule has 0 saturated carbocycles. The van der Waals surface area contributed by atoms with Gasteiger partial charge in [-0.3, -0.25) is 13.9 Å². The van der Waals surface area contributed by atoms with Crippen LogP contribution in [0.4, 0.5) is 5.69 Å². The van der Waals surface area contributed by atoms with E-state index >= 15 is 0 Å². The summed E-state index contributed by atoms with van der Waals surface area (Å²) in [5.74, 6) is -0.252. The highest BCUT2D eigenvalue weighted by Gasteiger charge is 2.34. The van der Waals surface area contributed by atoms with Crippen LogP contribution in [0.25, 0.3) is 0 Å². The van der Waals surface area contributed by atoms with Crippen molar-refractivity contribution >= 4 is 39.1 Å². The Morgan fingerprint density at radius 3 is 2.12 bits per heavy atom. The number of sulfonamides is 1. The summed E-state index contributed by atoms with van der Waals surface area (Å²) in [4.78, 5) is 28.8. The van der Waals surface area contributed by atoms with Gasteiger partial charge < -0.3 is 19.7 Å². The van der Waals surface area contributed by atoms with Gasteiger partial charge >= 0.3 is 0 Å². The first kappa shape index (κ1) is 32.8. The lowest BCUT2D eigenvalue weighted by Gasteiger charge is -2.33. The average Bonchev–Trinajstić information content (AvgIpc) is 3.00. The zero-order chi connectivity index (χ0) is 30.9. The summed E-state index contributed by atoms with van der Waals surface area (Å²) in [5, 5.41) is 3.38. The minimum atomic E-state index is -4.29. The van der Waals surface area contributed by atoms with E-state index < -0.39 is 28.5 Å². The highest BCUT2D eigenvalue weighted by atomic mass is 35.5. The molecule has 3 aromatic rings. The molecule has 226 valence electrons. The van der Waals surface area contributed by atoms with Crippen LogP contribution in [-0.2, 0) is 26.2 Å². The van der Waals surface area contributed by atoms with E-state index in [2.05, 4.69) is 5.32 Å². The molecule has 0 radical (unpaired) electrons. The maximum Gasteiger partial charge on any atom is 0.264 e. The van der Waals surface area contributed by atoms with E-state index in [-0.39, 0.29) is 34.8 Å². The van der Waals surface area contributed by atoms with Crippen LogP contribution < -0.4 is 19.1 Å². The molecule has 0 fully saturated rings. The molecule has 0 bridgehead atoms. The summed E-state index contributed by atoms with van der Waals surface area (Å²) in [6.07, 6.45) is 1.06. The predicted octanol–water partition coefficient (Wildman–Crippen LogP) is 5.27. The number of amides is 2. The fourth-order valence-corrected chi connectivity index (χ4v) is 5.94. The average molecular weight is 616 g/mol. The van der Waals surface area contributed by atoms with Crippen LogP contribution in [0, 0.1) is 0 Å². The number of halogens is 1. The fraction of sp³-hybridized carbons (Fsp3) is 0.355. The van der Waals surface area contributed by atoms with Gasteiger partial charge in [0, 0.05) is 23.7 Å². The Kier molecular flexibility index (Phi) is 11.6. The van der Waals surface area contributed by atoms with Crippen molar-refractivity contribution < 1.29 is 27.5 Å². The van der Waals surface area contributed by atoms with Crippen LogP contribution >= 0.6 is 11.6 Å². The predicted molar refractivity (Wildman–Crippen MR) is 164 cm³/mol. The summed E-state index contributed by atoms with van der Waals surface area (Å²) in [5.41, 5.74) is 1.04. The van der Waals surface area contributed by atoms with E-state index in [0.717, 1.165) is 16.3 Å².